The van der Waals surface area contributed by atoms with Crippen LogP contribution in [0.2, 0.25) is 0 Å². The van der Waals surface area contributed by atoms with E-state index in [2.05, 4.69) is 15.6 Å². The van der Waals surface area contributed by atoms with Gasteiger partial charge in [0.2, 0.25) is 0 Å². The van der Waals surface area contributed by atoms with Crippen LogP contribution in [0.3, 0.4) is 0 Å². The summed E-state index contributed by atoms with van der Waals surface area (Å²) in [6, 6.07) is 11.9. The number of nitrogens with zero attached hydrogens (tertiary/aromatic N) is 1. The highest BCUT2D eigenvalue weighted by molar-refractivity contribution is 7.17. The summed E-state index contributed by atoms with van der Waals surface area (Å²) < 4.78 is 29.2. The highest BCUT2D eigenvalue weighted by Crippen LogP contribution is 2.37. The predicted molar refractivity (Wildman–Crippen MR) is 110 cm³/mol. The number of carbonyl (C=O) groups excluding carboxylic acids is 2. The molecule has 5 rings (SSSR count). The first kappa shape index (κ1) is 18.4. The fourth-order valence-electron chi connectivity index (χ4n) is 3.65. The van der Waals surface area contributed by atoms with Gasteiger partial charge in [0.15, 0.2) is 11.6 Å². The average Bonchev–Trinajstić information content (AvgIpc) is 3.32. The van der Waals surface area contributed by atoms with Crippen molar-refractivity contribution in [1.29, 1.82) is 0 Å². The molecule has 148 valence electrons. The monoisotopic (exact) mass is 421 g/mol. The molecule has 0 bridgehead atoms. The molecule has 30 heavy (non-hydrogen) atoms. The maximum Gasteiger partial charge on any atom is 0.271 e. The lowest BCUT2D eigenvalue weighted by Gasteiger charge is -2.17. The van der Waals surface area contributed by atoms with E-state index in [0.717, 1.165) is 16.2 Å². The Balaban J connectivity index is 1.57. The van der Waals surface area contributed by atoms with Crippen molar-refractivity contribution >= 4 is 38.9 Å². The maximum absolute atomic E-state index is 14.4. The highest BCUT2D eigenvalue weighted by Gasteiger charge is 2.36. The summed E-state index contributed by atoms with van der Waals surface area (Å²) >= 11 is 1.45. The third-order valence-corrected chi connectivity index (χ3v) is 6.00. The van der Waals surface area contributed by atoms with Gasteiger partial charge in [-0.05, 0) is 18.2 Å². The van der Waals surface area contributed by atoms with Crippen molar-refractivity contribution in [2.24, 2.45) is 0 Å². The fourth-order valence-corrected chi connectivity index (χ4v) is 4.59. The minimum atomic E-state index is -1.05. The van der Waals surface area contributed by atoms with Crippen LogP contribution >= 0.6 is 11.3 Å². The van der Waals surface area contributed by atoms with Crippen LogP contribution in [0, 0.1) is 11.6 Å². The van der Waals surface area contributed by atoms with Crippen molar-refractivity contribution in [2.45, 2.75) is 6.04 Å². The number of halogens is 2. The lowest BCUT2D eigenvalue weighted by atomic mass is 9.98. The van der Waals surface area contributed by atoms with Gasteiger partial charge in [0, 0.05) is 32.8 Å². The SMILES string of the molecule is O=C1N[C@H](c2cccc(F)c2F)c2c(NC(=O)c3csc4ccccc34)ccnc21. The molecule has 0 aliphatic carbocycles. The van der Waals surface area contributed by atoms with E-state index in [-0.39, 0.29) is 17.2 Å². The Bertz CT molecular complexity index is 1340. The van der Waals surface area contributed by atoms with Crippen molar-refractivity contribution in [2.75, 3.05) is 5.32 Å². The van der Waals surface area contributed by atoms with Crippen LogP contribution < -0.4 is 10.6 Å². The van der Waals surface area contributed by atoms with Crippen molar-refractivity contribution in [3.05, 3.63) is 94.1 Å². The summed E-state index contributed by atoms with van der Waals surface area (Å²) in [6.07, 6.45) is 1.39. The van der Waals surface area contributed by atoms with E-state index in [4.69, 9.17) is 0 Å². The maximum atomic E-state index is 14.4. The zero-order valence-electron chi connectivity index (χ0n) is 15.3. The van der Waals surface area contributed by atoms with Crippen molar-refractivity contribution in [3.8, 4) is 0 Å². The third-order valence-electron chi connectivity index (χ3n) is 5.04. The molecule has 4 aromatic rings. The Hall–Kier alpha value is -3.65. The fraction of sp³-hybridized carbons (Fsp3) is 0.0455. The average molecular weight is 421 g/mol. The minimum absolute atomic E-state index is 0.0356. The number of pyridine rings is 1. The van der Waals surface area contributed by atoms with E-state index in [1.165, 1.54) is 35.7 Å². The lowest BCUT2D eigenvalue weighted by Crippen LogP contribution is -2.22. The predicted octanol–water partition coefficient (Wildman–Crippen LogP) is 4.66. The Morgan fingerprint density at radius 3 is 2.80 bits per heavy atom. The van der Waals surface area contributed by atoms with Gasteiger partial charge < -0.3 is 10.6 Å². The van der Waals surface area contributed by atoms with Gasteiger partial charge in [0.25, 0.3) is 11.8 Å². The third kappa shape index (κ3) is 2.84. The molecule has 2 N–H and O–H groups in total. The number of hydrogen-bond acceptors (Lipinski definition) is 4. The first-order chi connectivity index (χ1) is 14.5. The minimum Gasteiger partial charge on any atom is -0.339 e. The molecule has 1 atom stereocenters. The second kappa shape index (κ2) is 7.00. The van der Waals surface area contributed by atoms with E-state index in [0.29, 0.717) is 16.8 Å². The smallest absolute Gasteiger partial charge is 0.271 e. The summed E-state index contributed by atoms with van der Waals surface area (Å²) in [4.78, 5) is 29.4. The van der Waals surface area contributed by atoms with E-state index in [9.17, 15) is 18.4 Å². The molecule has 0 saturated heterocycles. The lowest BCUT2D eigenvalue weighted by molar-refractivity contribution is 0.0955. The van der Waals surface area contributed by atoms with Crippen LogP contribution in [-0.4, -0.2) is 16.8 Å². The Kier molecular flexibility index (Phi) is 4.29. The number of amides is 2. The molecule has 3 heterocycles. The number of hydrogen-bond donors (Lipinski definition) is 2. The molecule has 0 fully saturated rings. The molecular formula is C22H13F2N3O2S. The van der Waals surface area contributed by atoms with Crippen LogP contribution in [0.4, 0.5) is 14.5 Å². The van der Waals surface area contributed by atoms with Crippen molar-refractivity contribution < 1.29 is 18.4 Å². The molecule has 5 nitrogen and oxygen atoms in total. The Labute approximate surface area is 173 Å². The quantitative estimate of drug-likeness (QED) is 0.506. The topological polar surface area (TPSA) is 71.1 Å². The van der Waals surface area contributed by atoms with Crippen molar-refractivity contribution in [3.63, 3.8) is 0 Å². The van der Waals surface area contributed by atoms with Gasteiger partial charge in [-0.15, -0.1) is 11.3 Å². The number of rotatable bonds is 3. The van der Waals surface area contributed by atoms with E-state index in [1.54, 1.807) is 5.38 Å². The summed E-state index contributed by atoms with van der Waals surface area (Å²) in [6.45, 7) is 0. The van der Waals surface area contributed by atoms with E-state index in [1.807, 2.05) is 24.3 Å². The summed E-state index contributed by atoms with van der Waals surface area (Å²) in [5.74, 6) is -2.95. The summed E-state index contributed by atoms with van der Waals surface area (Å²) in [5.41, 5.74) is 1.14. The number of benzene rings is 2. The normalized spacial score (nSPS) is 15.1. The molecule has 2 aromatic carbocycles. The van der Waals surface area contributed by atoms with Gasteiger partial charge in [-0.3, -0.25) is 14.6 Å². The van der Waals surface area contributed by atoms with E-state index < -0.39 is 23.6 Å². The second-order valence-electron chi connectivity index (χ2n) is 6.77. The standard InChI is InChI=1S/C22H13F2N3O2S/c23-14-6-3-5-12(18(14)24)19-17-15(8-9-25-20(17)22(29)27-19)26-21(28)13-10-30-16-7-2-1-4-11(13)16/h1-10,19H,(H,27,29)(H,25,26,28)/t19-/m1/s1. The number of nitrogens with one attached hydrogen (secondary N) is 2. The molecule has 1 aliphatic heterocycles. The van der Waals surface area contributed by atoms with Crippen LogP contribution in [0.15, 0.2) is 60.1 Å². The second-order valence-corrected chi connectivity index (χ2v) is 7.68. The zero-order valence-corrected chi connectivity index (χ0v) is 16.1. The van der Waals surface area contributed by atoms with Gasteiger partial charge in [-0.2, -0.15) is 0 Å². The zero-order chi connectivity index (χ0) is 20.8. The van der Waals surface area contributed by atoms with Crippen LogP contribution in [-0.2, 0) is 0 Å². The number of carbonyl (C=O) groups is 2. The number of aromatic nitrogens is 1. The van der Waals surface area contributed by atoms with Gasteiger partial charge >= 0.3 is 0 Å². The van der Waals surface area contributed by atoms with Crippen LogP contribution in [0.1, 0.15) is 38.0 Å². The van der Waals surface area contributed by atoms with E-state index >= 15 is 0 Å². The largest absolute Gasteiger partial charge is 0.339 e. The molecule has 2 amide bonds. The van der Waals surface area contributed by atoms with Crippen molar-refractivity contribution in [1.82, 2.24) is 10.3 Å². The van der Waals surface area contributed by atoms with Gasteiger partial charge in [-0.25, -0.2) is 8.78 Å². The molecule has 0 saturated carbocycles. The first-order valence-corrected chi connectivity index (χ1v) is 9.94. The summed E-state index contributed by atoms with van der Waals surface area (Å²) in [5, 5.41) is 8.01. The highest BCUT2D eigenvalue weighted by atomic mass is 32.1. The molecule has 0 radical (unpaired) electrons. The molecule has 0 spiro atoms. The number of thiophene rings is 1. The molecule has 1 aliphatic rings. The van der Waals surface area contributed by atoms with Gasteiger partial charge in [-0.1, -0.05) is 30.3 Å². The Morgan fingerprint density at radius 2 is 1.93 bits per heavy atom. The molecular weight excluding hydrogens is 408 g/mol. The van der Waals surface area contributed by atoms with Gasteiger partial charge in [0.1, 0.15) is 5.69 Å². The van der Waals surface area contributed by atoms with Crippen LogP contribution in [0.5, 0.6) is 0 Å². The number of anilines is 1. The molecule has 2 aromatic heterocycles. The first-order valence-electron chi connectivity index (χ1n) is 9.06. The summed E-state index contributed by atoms with van der Waals surface area (Å²) in [7, 11) is 0. The number of fused-ring (bicyclic) bond motifs is 2. The van der Waals surface area contributed by atoms with Crippen LogP contribution in [0.25, 0.3) is 10.1 Å². The van der Waals surface area contributed by atoms with Gasteiger partial charge in [0.05, 0.1) is 17.3 Å². The molecule has 0 unspecified atom stereocenters. The Morgan fingerprint density at radius 1 is 1.10 bits per heavy atom. The molecule has 8 heteroatoms.